The molecule has 7 heteroatoms. The van der Waals surface area contributed by atoms with Crippen LogP contribution in [0.5, 0.6) is 0 Å². The van der Waals surface area contributed by atoms with Crippen molar-refractivity contribution >= 4 is 11.8 Å². The first-order chi connectivity index (χ1) is 16.9. The predicted octanol–water partition coefficient (Wildman–Crippen LogP) is 4.74. The third-order valence-corrected chi connectivity index (χ3v) is 5.37. The smallest absolute Gasteiger partial charge is 0.336 e. The van der Waals surface area contributed by atoms with Gasteiger partial charge in [0.15, 0.2) is 5.84 Å². The SMILES string of the molecule is C=C/C=C(\C=C/C)N(C)C1=C(C(=NC)NOCC=C)C(c2ccccc2)C(C(=O)OCC)=C(C)N1. The van der Waals surface area contributed by atoms with E-state index in [1.54, 1.807) is 26.1 Å². The van der Waals surface area contributed by atoms with Crippen LogP contribution >= 0.6 is 0 Å². The van der Waals surface area contributed by atoms with Gasteiger partial charge in [-0.1, -0.05) is 55.1 Å². The van der Waals surface area contributed by atoms with E-state index >= 15 is 0 Å². The second-order valence-corrected chi connectivity index (χ2v) is 7.65. The molecular weight excluding hydrogens is 440 g/mol. The average molecular weight is 477 g/mol. The van der Waals surface area contributed by atoms with E-state index in [1.165, 1.54) is 0 Å². The fourth-order valence-corrected chi connectivity index (χ4v) is 3.87. The second kappa shape index (κ2) is 13.8. The van der Waals surface area contributed by atoms with Gasteiger partial charge in [0.2, 0.25) is 0 Å². The molecule has 1 aromatic rings. The van der Waals surface area contributed by atoms with Gasteiger partial charge in [-0.3, -0.25) is 9.83 Å². The second-order valence-electron chi connectivity index (χ2n) is 7.65. The number of hydrogen-bond acceptors (Lipinski definition) is 6. The van der Waals surface area contributed by atoms with Crippen molar-refractivity contribution in [3.63, 3.8) is 0 Å². The number of ether oxygens (including phenoxy) is 1. The Kier molecular flexibility index (Phi) is 10.8. The lowest BCUT2D eigenvalue weighted by Gasteiger charge is -2.37. The number of rotatable bonds is 11. The number of carbonyl (C=O) groups is 1. The number of dihydropyridines is 1. The standard InChI is InChI=1S/C28H36N4O3/c1-8-15-22(16-9-2)32(7)27-25(26(29-6)31-35-19-10-3)24(21-17-13-12-14-18-21)23(20(5)30-27)28(33)34-11-4/h8-10,12-18,24,30H,1,3,11,19H2,2,4-7H3,(H,29,31)/b16-9-,22-15+. The minimum Gasteiger partial charge on any atom is -0.463 e. The summed E-state index contributed by atoms with van der Waals surface area (Å²) in [5.41, 5.74) is 6.71. The number of benzene rings is 1. The monoisotopic (exact) mass is 476 g/mol. The van der Waals surface area contributed by atoms with Crippen molar-refractivity contribution in [1.82, 2.24) is 15.7 Å². The average Bonchev–Trinajstić information content (AvgIpc) is 2.86. The molecule has 7 nitrogen and oxygen atoms in total. The molecule has 0 fully saturated rings. The Morgan fingerprint density at radius 2 is 1.97 bits per heavy atom. The Morgan fingerprint density at radius 1 is 1.26 bits per heavy atom. The van der Waals surface area contributed by atoms with Gasteiger partial charge in [-0.2, -0.15) is 0 Å². The Labute approximate surface area is 208 Å². The number of nitrogens with zero attached hydrogens (tertiary/aromatic N) is 2. The molecule has 0 aromatic heterocycles. The highest BCUT2D eigenvalue weighted by atomic mass is 16.6. The molecule has 0 spiro atoms. The summed E-state index contributed by atoms with van der Waals surface area (Å²) in [5.74, 6) is 0.361. The Balaban J connectivity index is 2.86. The molecule has 0 amide bonds. The molecule has 1 atom stereocenters. The number of esters is 1. The Hall–Kier alpha value is -3.84. The summed E-state index contributed by atoms with van der Waals surface area (Å²) in [6.07, 6.45) is 9.22. The molecular formula is C28H36N4O3. The van der Waals surface area contributed by atoms with Crippen LogP contribution in [0, 0.1) is 0 Å². The molecule has 0 saturated heterocycles. The number of likely N-dealkylation sites (N-methyl/N-ethyl adjacent to an activating group) is 1. The minimum atomic E-state index is -0.469. The van der Waals surface area contributed by atoms with Crippen LogP contribution in [0.1, 0.15) is 32.3 Å². The highest BCUT2D eigenvalue weighted by Crippen LogP contribution is 2.40. The summed E-state index contributed by atoms with van der Waals surface area (Å²) in [6, 6.07) is 9.82. The van der Waals surface area contributed by atoms with Crippen molar-refractivity contribution in [3.8, 4) is 0 Å². The molecule has 1 unspecified atom stereocenters. The fraction of sp³-hybridized carbons (Fsp3) is 0.286. The third kappa shape index (κ3) is 6.61. The molecule has 1 aromatic carbocycles. The maximum Gasteiger partial charge on any atom is 0.336 e. The van der Waals surface area contributed by atoms with Gasteiger partial charge in [0, 0.05) is 31.1 Å². The van der Waals surface area contributed by atoms with Crippen molar-refractivity contribution in [2.45, 2.75) is 26.7 Å². The largest absolute Gasteiger partial charge is 0.463 e. The molecule has 0 bridgehead atoms. The van der Waals surface area contributed by atoms with Gasteiger partial charge in [-0.05, 0) is 38.5 Å². The minimum absolute atomic E-state index is 0.270. The van der Waals surface area contributed by atoms with E-state index in [4.69, 9.17) is 9.57 Å². The maximum atomic E-state index is 13.2. The summed E-state index contributed by atoms with van der Waals surface area (Å²) < 4.78 is 5.47. The molecule has 1 aliphatic rings. The number of hydrogen-bond donors (Lipinski definition) is 2. The topological polar surface area (TPSA) is 75.2 Å². The van der Waals surface area contributed by atoms with E-state index in [0.29, 0.717) is 17.1 Å². The van der Waals surface area contributed by atoms with Gasteiger partial charge in [0.1, 0.15) is 5.82 Å². The van der Waals surface area contributed by atoms with E-state index in [1.807, 2.05) is 74.4 Å². The van der Waals surface area contributed by atoms with Crippen molar-refractivity contribution in [2.75, 3.05) is 27.3 Å². The van der Waals surface area contributed by atoms with Crippen LogP contribution in [0.2, 0.25) is 0 Å². The number of aliphatic imine (C=N–C) groups is 1. The van der Waals surface area contributed by atoms with Crippen molar-refractivity contribution in [3.05, 3.63) is 108 Å². The lowest BCUT2D eigenvalue weighted by Crippen LogP contribution is -2.41. The van der Waals surface area contributed by atoms with E-state index in [0.717, 1.165) is 22.7 Å². The van der Waals surface area contributed by atoms with Crippen LogP contribution in [0.25, 0.3) is 0 Å². The lowest BCUT2D eigenvalue weighted by molar-refractivity contribution is -0.138. The number of allylic oxidation sites excluding steroid dienone is 5. The van der Waals surface area contributed by atoms with E-state index in [2.05, 4.69) is 28.9 Å². The summed E-state index contributed by atoms with van der Waals surface area (Å²) >= 11 is 0. The van der Waals surface area contributed by atoms with Crippen LogP contribution in [-0.2, 0) is 14.4 Å². The van der Waals surface area contributed by atoms with Gasteiger partial charge in [-0.15, -0.1) is 6.58 Å². The fourth-order valence-electron chi connectivity index (χ4n) is 3.87. The van der Waals surface area contributed by atoms with Crippen LogP contribution < -0.4 is 10.8 Å². The zero-order valence-corrected chi connectivity index (χ0v) is 21.3. The van der Waals surface area contributed by atoms with Crippen molar-refractivity contribution in [1.29, 1.82) is 0 Å². The Bertz CT molecular complexity index is 1060. The molecule has 1 aliphatic heterocycles. The normalized spacial score (nSPS) is 16.8. The summed E-state index contributed by atoms with van der Waals surface area (Å²) in [5, 5.41) is 3.44. The number of carbonyl (C=O) groups excluding carboxylic acids is 1. The highest BCUT2D eigenvalue weighted by molar-refractivity contribution is 6.04. The molecule has 0 radical (unpaired) electrons. The molecule has 1 heterocycles. The van der Waals surface area contributed by atoms with Crippen LogP contribution in [0.4, 0.5) is 0 Å². The van der Waals surface area contributed by atoms with Crippen LogP contribution in [-0.4, -0.2) is 44.0 Å². The number of hydroxylamine groups is 1. The zero-order chi connectivity index (χ0) is 25.8. The summed E-state index contributed by atoms with van der Waals surface area (Å²) in [4.78, 5) is 25.3. The van der Waals surface area contributed by atoms with Gasteiger partial charge in [0.05, 0.1) is 24.7 Å². The van der Waals surface area contributed by atoms with Gasteiger partial charge < -0.3 is 15.0 Å². The van der Waals surface area contributed by atoms with Crippen molar-refractivity contribution in [2.24, 2.45) is 4.99 Å². The number of nitrogens with one attached hydrogen (secondary N) is 2. The molecule has 186 valence electrons. The van der Waals surface area contributed by atoms with E-state index in [-0.39, 0.29) is 19.2 Å². The first-order valence-corrected chi connectivity index (χ1v) is 11.5. The van der Waals surface area contributed by atoms with E-state index < -0.39 is 5.92 Å². The first kappa shape index (κ1) is 27.4. The molecule has 35 heavy (non-hydrogen) atoms. The van der Waals surface area contributed by atoms with Crippen molar-refractivity contribution < 1.29 is 14.4 Å². The van der Waals surface area contributed by atoms with Crippen LogP contribution in [0.3, 0.4) is 0 Å². The zero-order valence-electron chi connectivity index (χ0n) is 21.3. The molecule has 0 saturated carbocycles. The number of amidine groups is 1. The molecule has 2 rings (SSSR count). The molecule has 0 aliphatic carbocycles. The highest BCUT2D eigenvalue weighted by Gasteiger charge is 2.38. The summed E-state index contributed by atoms with van der Waals surface area (Å²) in [6.45, 7) is 13.7. The maximum absolute atomic E-state index is 13.2. The van der Waals surface area contributed by atoms with Gasteiger partial charge in [-0.25, -0.2) is 10.3 Å². The van der Waals surface area contributed by atoms with E-state index in [9.17, 15) is 4.79 Å². The van der Waals surface area contributed by atoms with Gasteiger partial charge >= 0.3 is 5.97 Å². The Morgan fingerprint density at radius 3 is 2.54 bits per heavy atom. The summed E-state index contributed by atoms with van der Waals surface area (Å²) in [7, 11) is 3.62. The van der Waals surface area contributed by atoms with Gasteiger partial charge in [0.25, 0.3) is 0 Å². The quantitative estimate of drug-likeness (QED) is 0.0914. The predicted molar refractivity (Wildman–Crippen MR) is 142 cm³/mol. The first-order valence-electron chi connectivity index (χ1n) is 11.5. The third-order valence-electron chi connectivity index (χ3n) is 5.37. The molecule has 2 N–H and O–H groups in total. The van der Waals surface area contributed by atoms with Crippen LogP contribution in [0.15, 0.2) is 107 Å². The lowest BCUT2D eigenvalue weighted by atomic mass is 9.80.